The minimum Gasteiger partial charge on any atom is -0.306 e. The minimum absolute atomic E-state index is 0.0322. The monoisotopic (exact) mass is 638 g/mol. The lowest BCUT2D eigenvalue weighted by Gasteiger charge is -2.13. The Morgan fingerprint density at radius 2 is 1.13 bits per heavy atom. The zero-order valence-electron chi connectivity index (χ0n) is 24.6. The molecule has 0 spiro atoms. The fraction of sp³-hybridized carbons (Fsp3) is 0.290. The van der Waals surface area contributed by atoms with Gasteiger partial charge in [-0.2, -0.15) is 13.2 Å². The van der Waals surface area contributed by atoms with E-state index in [1.54, 1.807) is 25.8 Å². The summed E-state index contributed by atoms with van der Waals surface area (Å²) in [5.74, 6) is 1.47. The van der Waals surface area contributed by atoms with E-state index in [0.29, 0.717) is 29.5 Å². The van der Waals surface area contributed by atoms with Crippen molar-refractivity contribution in [2.75, 3.05) is 0 Å². The molecular formula is C31H30ClF3N8O2. The average molecular weight is 639 g/mol. The van der Waals surface area contributed by atoms with Gasteiger partial charge >= 0.3 is 6.18 Å². The van der Waals surface area contributed by atoms with Gasteiger partial charge < -0.3 is 9.13 Å². The van der Waals surface area contributed by atoms with Crippen molar-refractivity contribution >= 4 is 22.9 Å². The second-order valence-corrected chi connectivity index (χ2v) is 10.7. The molecule has 2 aromatic carbocycles. The number of fused-ring (bicyclic) bond motifs is 2. The summed E-state index contributed by atoms with van der Waals surface area (Å²) in [6, 6.07) is 12.7. The highest BCUT2D eigenvalue weighted by Crippen LogP contribution is 2.32. The first-order valence-corrected chi connectivity index (χ1v) is 14.7. The van der Waals surface area contributed by atoms with E-state index in [0.717, 1.165) is 36.7 Å². The number of benzene rings is 2. The van der Waals surface area contributed by atoms with Crippen LogP contribution in [0, 0.1) is 0 Å². The van der Waals surface area contributed by atoms with Crippen molar-refractivity contribution in [1.82, 2.24) is 38.3 Å². The Balaban J connectivity index is 0.000000179. The van der Waals surface area contributed by atoms with Gasteiger partial charge in [0.05, 0.1) is 18.7 Å². The molecule has 0 saturated heterocycles. The van der Waals surface area contributed by atoms with E-state index in [1.165, 1.54) is 29.0 Å². The number of rotatable bonds is 8. The largest absolute Gasteiger partial charge is 0.416 e. The van der Waals surface area contributed by atoms with Crippen LogP contribution in [0.5, 0.6) is 0 Å². The van der Waals surface area contributed by atoms with E-state index < -0.39 is 17.3 Å². The van der Waals surface area contributed by atoms with Gasteiger partial charge in [-0.05, 0) is 36.1 Å². The molecule has 0 radical (unpaired) electrons. The molecule has 0 saturated carbocycles. The molecule has 0 amide bonds. The highest BCUT2D eigenvalue weighted by Gasteiger charge is 2.33. The normalized spacial score (nSPS) is 11.6. The molecule has 0 atom stereocenters. The third-order valence-electron chi connectivity index (χ3n) is 7.14. The lowest BCUT2D eigenvalue weighted by Crippen LogP contribution is -2.24. The molecule has 0 aliphatic carbocycles. The Morgan fingerprint density at radius 3 is 1.62 bits per heavy atom. The lowest BCUT2D eigenvalue weighted by molar-refractivity contribution is -0.138. The average Bonchev–Trinajstić information content (AvgIpc) is 3.62. The number of hydrogen-bond acceptors (Lipinski definition) is 6. The van der Waals surface area contributed by atoms with E-state index in [-0.39, 0.29) is 23.3 Å². The summed E-state index contributed by atoms with van der Waals surface area (Å²) in [7, 11) is 0. The van der Waals surface area contributed by atoms with Gasteiger partial charge in [-0.1, -0.05) is 61.8 Å². The SMILES string of the molecule is CCCc1nnc2c(=O)n(Cc3ccccc3C(F)(F)F)ccn12.CCCc1nnc2c(=O)n(Cc3ccccc3Cl)ccn12. The quantitative estimate of drug-likeness (QED) is 0.219. The van der Waals surface area contributed by atoms with Crippen LogP contribution in [0.1, 0.15) is 55.0 Å². The van der Waals surface area contributed by atoms with Crippen LogP contribution in [0.2, 0.25) is 5.02 Å². The summed E-state index contributed by atoms with van der Waals surface area (Å²) in [4.78, 5) is 24.9. The van der Waals surface area contributed by atoms with Crippen molar-refractivity contribution in [2.45, 2.75) is 58.8 Å². The number of nitrogens with zero attached hydrogens (tertiary/aromatic N) is 8. The van der Waals surface area contributed by atoms with E-state index in [9.17, 15) is 22.8 Å². The Kier molecular flexibility index (Phi) is 9.47. The van der Waals surface area contributed by atoms with Gasteiger partial charge in [0.1, 0.15) is 11.6 Å². The Labute approximate surface area is 260 Å². The molecule has 14 heteroatoms. The first kappa shape index (κ1) is 31.6. The second kappa shape index (κ2) is 13.5. The van der Waals surface area contributed by atoms with Gasteiger partial charge in [-0.15, -0.1) is 20.4 Å². The van der Waals surface area contributed by atoms with Crippen LogP contribution in [-0.2, 0) is 32.1 Å². The standard InChI is InChI=1S/C16H15F3N4O.C15H15ClN4O/c1-2-5-13-20-21-14-15(24)22(8-9-23(13)14)10-11-6-3-4-7-12(11)16(17,18)19;1-2-5-13-17-18-14-15(21)19(8-9-20(13)14)10-11-6-3-4-7-12(11)16/h3-4,6-9H,2,5,10H2,1H3;3-4,6-9H,2,5,10H2,1H3. The van der Waals surface area contributed by atoms with Crippen molar-refractivity contribution in [1.29, 1.82) is 0 Å². The first-order chi connectivity index (χ1) is 21.6. The van der Waals surface area contributed by atoms with Gasteiger partial charge in [-0.3, -0.25) is 18.4 Å². The highest BCUT2D eigenvalue weighted by atomic mass is 35.5. The van der Waals surface area contributed by atoms with Crippen LogP contribution in [0.15, 0.2) is 82.9 Å². The van der Waals surface area contributed by atoms with Crippen LogP contribution >= 0.6 is 11.6 Å². The van der Waals surface area contributed by atoms with Gasteiger partial charge in [0.25, 0.3) is 11.1 Å². The van der Waals surface area contributed by atoms with Crippen molar-refractivity contribution in [2.24, 2.45) is 0 Å². The molecule has 6 aromatic rings. The molecule has 0 aliphatic rings. The summed E-state index contributed by atoms with van der Waals surface area (Å²) in [5, 5.41) is 16.6. The summed E-state index contributed by atoms with van der Waals surface area (Å²) in [5.41, 5.74) is 0.0311. The van der Waals surface area contributed by atoms with E-state index in [2.05, 4.69) is 27.3 Å². The predicted molar refractivity (Wildman–Crippen MR) is 164 cm³/mol. The Bertz CT molecular complexity index is 2060. The minimum atomic E-state index is -4.46. The topological polar surface area (TPSA) is 104 Å². The maximum Gasteiger partial charge on any atom is 0.416 e. The number of hydrogen-bond donors (Lipinski definition) is 0. The molecule has 234 valence electrons. The zero-order chi connectivity index (χ0) is 32.1. The molecule has 6 rings (SSSR count). The fourth-order valence-electron chi connectivity index (χ4n) is 4.90. The van der Waals surface area contributed by atoms with Gasteiger partial charge in [0.2, 0.25) is 11.3 Å². The van der Waals surface area contributed by atoms with Crippen LogP contribution in [0.25, 0.3) is 11.3 Å². The zero-order valence-corrected chi connectivity index (χ0v) is 25.3. The smallest absolute Gasteiger partial charge is 0.306 e. The Hall–Kier alpha value is -4.78. The number of halogens is 4. The second-order valence-electron chi connectivity index (χ2n) is 10.3. The summed E-state index contributed by atoms with van der Waals surface area (Å²) < 4.78 is 45.4. The van der Waals surface area contributed by atoms with E-state index >= 15 is 0 Å². The van der Waals surface area contributed by atoms with E-state index in [1.807, 2.05) is 37.4 Å². The van der Waals surface area contributed by atoms with Crippen molar-refractivity contribution in [3.8, 4) is 0 Å². The van der Waals surface area contributed by atoms with E-state index in [4.69, 9.17) is 11.6 Å². The number of alkyl halides is 3. The molecule has 4 aromatic heterocycles. The summed E-state index contributed by atoms with van der Waals surface area (Å²) in [6.45, 7) is 4.29. The van der Waals surface area contributed by atoms with Gasteiger partial charge in [-0.25, -0.2) is 0 Å². The molecule has 0 fully saturated rings. The lowest BCUT2D eigenvalue weighted by atomic mass is 10.1. The van der Waals surface area contributed by atoms with Gasteiger partial charge in [0.15, 0.2) is 0 Å². The van der Waals surface area contributed by atoms with Crippen LogP contribution in [0.3, 0.4) is 0 Å². The molecule has 10 nitrogen and oxygen atoms in total. The summed E-state index contributed by atoms with van der Waals surface area (Å²) >= 11 is 6.14. The summed E-state index contributed by atoms with van der Waals surface area (Å²) in [6.07, 6.45) is 5.47. The molecule has 0 N–H and O–H groups in total. The van der Waals surface area contributed by atoms with Crippen LogP contribution in [0.4, 0.5) is 13.2 Å². The molecule has 4 heterocycles. The molecular weight excluding hydrogens is 609 g/mol. The van der Waals surface area contributed by atoms with Crippen molar-refractivity contribution in [3.63, 3.8) is 0 Å². The maximum atomic E-state index is 13.1. The van der Waals surface area contributed by atoms with Crippen LogP contribution < -0.4 is 11.1 Å². The predicted octanol–water partition coefficient (Wildman–Crippen LogP) is 5.46. The number of aromatic nitrogens is 8. The maximum absolute atomic E-state index is 13.1. The molecule has 45 heavy (non-hydrogen) atoms. The fourth-order valence-corrected chi connectivity index (χ4v) is 5.10. The third-order valence-corrected chi connectivity index (χ3v) is 7.51. The molecule has 0 aliphatic heterocycles. The van der Waals surface area contributed by atoms with Crippen molar-refractivity contribution < 1.29 is 13.2 Å². The third kappa shape index (κ3) is 6.83. The first-order valence-electron chi connectivity index (χ1n) is 14.4. The Morgan fingerprint density at radius 1 is 0.667 bits per heavy atom. The highest BCUT2D eigenvalue weighted by molar-refractivity contribution is 6.31. The number of aryl methyl sites for hydroxylation is 2. The van der Waals surface area contributed by atoms with Gasteiger partial charge in [0, 0.05) is 42.7 Å². The van der Waals surface area contributed by atoms with Crippen molar-refractivity contribution in [3.05, 3.63) is 127 Å². The molecule has 0 unspecified atom stereocenters. The molecule has 0 bridgehead atoms. The van der Waals surface area contributed by atoms with Crippen LogP contribution in [-0.4, -0.2) is 38.3 Å².